The Labute approximate surface area is 172 Å². The summed E-state index contributed by atoms with van der Waals surface area (Å²) in [6.45, 7) is 5.68. The first kappa shape index (κ1) is 19.5. The third-order valence-corrected chi connectivity index (χ3v) is 5.80. The zero-order valence-corrected chi connectivity index (χ0v) is 17.0. The van der Waals surface area contributed by atoms with Gasteiger partial charge in [0.15, 0.2) is 0 Å². The van der Waals surface area contributed by atoms with E-state index in [1.165, 1.54) is 4.57 Å². The zero-order chi connectivity index (χ0) is 21.6. The lowest BCUT2D eigenvalue weighted by Gasteiger charge is -2.15. The Morgan fingerprint density at radius 2 is 2.00 bits per heavy atom. The molecule has 0 saturated carbocycles. The van der Waals surface area contributed by atoms with E-state index in [4.69, 9.17) is 0 Å². The molecule has 0 spiro atoms. The van der Waals surface area contributed by atoms with Gasteiger partial charge >= 0.3 is 11.7 Å². The molecule has 30 heavy (non-hydrogen) atoms. The fraction of sp³-hybridized carbons (Fsp3) is 0.261. The summed E-state index contributed by atoms with van der Waals surface area (Å²) in [5, 5.41) is 20.1. The Morgan fingerprint density at radius 1 is 1.23 bits per heavy atom. The highest BCUT2D eigenvalue weighted by molar-refractivity contribution is 5.87. The van der Waals surface area contributed by atoms with Crippen LogP contribution in [0.25, 0.3) is 21.9 Å². The number of H-pyrrole nitrogens is 1. The monoisotopic (exact) mass is 402 g/mol. The molecule has 4 rings (SSSR count). The summed E-state index contributed by atoms with van der Waals surface area (Å²) in [7, 11) is 0. The molecule has 0 aliphatic rings. The molecule has 4 aromatic rings. The molecule has 2 unspecified atom stereocenters. The number of aryl methyl sites for hydroxylation is 1. The first-order chi connectivity index (χ1) is 14.4. The van der Waals surface area contributed by atoms with Gasteiger partial charge in [-0.2, -0.15) is 5.26 Å². The molecular weight excluding hydrogens is 380 g/mol. The lowest BCUT2D eigenvalue weighted by molar-refractivity contribution is -0.141. The summed E-state index contributed by atoms with van der Waals surface area (Å²) in [5.41, 5.74) is 4.07. The topological polar surface area (TPSA) is 104 Å². The Bertz CT molecular complexity index is 1380. The predicted octanol–water partition coefficient (Wildman–Crippen LogP) is 4.11. The fourth-order valence-electron chi connectivity index (χ4n) is 4.32. The number of aromatic amines is 1. The first-order valence-corrected chi connectivity index (χ1v) is 9.85. The van der Waals surface area contributed by atoms with E-state index in [1.807, 2.05) is 38.2 Å². The van der Waals surface area contributed by atoms with Gasteiger partial charge in [-0.1, -0.05) is 19.1 Å². The van der Waals surface area contributed by atoms with E-state index in [9.17, 15) is 20.0 Å². The van der Waals surface area contributed by atoms with Crippen LogP contribution in [0.3, 0.4) is 0 Å². The van der Waals surface area contributed by atoms with Crippen molar-refractivity contribution in [3.05, 3.63) is 69.8 Å². The molecular formula is C23H22N4O3. The second-order valence-electron chi connectivity index (χ2n) is 7.52. The van der Waals surface area contributed by atoms with Crippen molar-refractivity contribution in [2.45, 2.75) is 39.3 Å². The van der Waals surface area contributed by atoms with Crippen molar-refractivity contribution in [3.63, 3.8) is 0 Å². The van der Waals surface area contributed by atoms with Crippen LogP contribution < -0.4 is 5.69 Å². The third-order valence-electron chi connectivity index (χ3n) is 5.80. The molecule has 0 bridgehead atoms. The van der Waals surface area contributed by atoms with Gasteiger partial charge in [-0.05, 0) is 50.1 Å². The smallest absolute Gasteiger partial charge is 0.330 e. The number of benzene rings is 2. The van der Waals surface area contributed by atoms with Crippen LogP contribution in [0.4, 0.5) is 0 Å². The number of hydrogen-bond acceptors (Lipinski definition) is 3. The standard InChI is InChI=1S/C23H22N4O3/c1-4-18(22(28)29)27-20-10-15(11-24)8-9-19(20)26(23(27)30)14(3)16-12-25-17-7-5-6-13(2)21(16)17/h5-10,12,14,18,25H,4H2,1-3H3,(H,28,29). The van der Waals surface area contributed by atoms with Gasteiger partial charge in [0, 0.05) is 22.7 Å². The van der Waals surface area contributed by atoms with Gasteiger partial charge in [-0.3, -0.25) is 9.13 Å². The summed E-state index contributed by atoms with van der Waals surface area (Å²) in [6.07, 6.45) is 2.15. The maximum absolute atomic E-state index is 13.5. The number of fused-ring (bicyclic) bond motifs is 2. The van der Waals surface area contributed by atoms with Crippen molar-refractivity contribution in [3.8, 4) is 6.07 Å². The number of carboxylic acid groups (broad SMARTS) is 1. The average Bonchev–Trinajstić information content (AvgIpc) is 3.28. The van der Waals surface area contributed by atoms with Gasteiger partial charge < -0.3 is 10.1 Å². The summed E-state index contributed by atoms with van der Waals surface area (Å²) in [4.78, 5) is 28.7. The minimum Gasteiger partial charge on any atom is -0.480 e. The summed E-state index contributed by atoms with van der Waals surface area (Å²) >= 11 is 0. The highest BCUT2D eigenvalue weighted by atomic mass is 16.4. The van der Waals surface area contributed by atoms with Crippen molar-refractivity contribution in [1.82, 2.24) is 14.1 Å². The van der Waals surface area contributed by atoms with Crippen molar-refractivity contribution in [2.24, 2.45) is 0 Å². The molecule has 152 valence electrons. The molecule has 7 heteroatoms. The summed E-state index contributed by atoms with van der Waals surface area (Å²) in [5.74, 6) is -1.07. The Kier molecular flexibility index (Phi) is 4.70. The van der Waals surface area contributed by atoms with Crippen LogP contribution in [-0.2, 0) is 4.79 Å². The van der Waals surface area contributed by atoms with Crippen LogP contribution in [-0.4, -0.2) is 25.2 Å². The number of aromatic nitrogens is 3. The minimum absolute atomic E-state index is 0.256. The van der Waals surface area contributed by atoms with Crippen LogP contribution in [0, 0.1) is 18.3 Å². The molecule has 0 aliphatic carbocycles. The summed E-state index contributed by atoms with van der Waals surface area (Å²) in [6, 6.07) is 11.7. The number of imidazole rings is 1. The molecule has 0 radical (unpaired) electrons. The van der Waals surface area contributed by atoms with E-state index in [0.29, 0.717) is 16.6 Å². The second-order valence-corrected chi connectivity index (χ2v) is 7.52. The number of carboxylic acids is 1. The van der Waals surface area contributed by atoms with Crippen LogP contribution in [0.1, 0.15) is 49.0 Å². The maximum atomic E-state index is 13.5. The highest BCUT2D eigenvalue weighted by Crippen LogP contribution is 2.31. The van der Waals surface area contributed by atoms with E-state index in [-0.39, 0.29) is 12.5 Å². The van der Waals surface area contributed by atoms with Gasteiger partial charge in [-0.25, -0.2) is 9.59 Å². The van der Waals surface area contributed by atoms with Gasteiger partial charge in [-0.15, -0.1) is 0 Å². The predicted molar refractivity (Wildman–Crippen MR) is 115 cm³/mol. The number of nitrogens with one attached hydrogen (secondary N) is 1. The van der Waals surface area contributed by atoms with Crippen LogP contribution >= 0.6 is 0 Å². The first-order valence-electron chi connectivity index (χ1n) is 9.85. The minimum atomic E-state index is -1.07. The molecule has 2 heterocycles. The van der Waals surface area contributed by atoms with E-state index >= 15 is 0 Å². The quantitative estimate of drug-likeness (QED) is 0.524. The normalized spacial score (nSPS) is 13.4. The van der Waals surface area contributed by atoms with Crippen LogP contribution in [0.5, 0.6) is 0 Å². The van der Waals surface area contributed by atoms with E-state index in [1.54, 1.807) is 29.7 Å². The molecule has 2 aromatic heterocycles. The second kappa shape index (κ2) is 7.23. The Balaban J connectivity index is 2.04. The van der Waals surface area contributed by atoms with Gasteiger partial charge in [0.25, 0.3) is 0 Å². The average molecular weight is 402 g/mol. The lowest BCUT2D eigenvalue weighted by atomic mass is 10.0. The Morgan fingerprint density at radius 3 is 2.67 bits per heavy atom. The number of hydrogen-bond donors (Lipinski definition) is 2. The maximum Gasteiger partial charge on any atom is 0.330 e. The van der Waals surface area contributed by atoms with E-state index in [0.717, 1.165) is 22.0 Å². The molecule has 2 aromatic carbocycles. The van der Waals surface area contributed by atoms with Crippen molar-refractivity contribution in [1.29, 1.82) is 5.26 Å². The van der Waals surface area contributed by atoms with Gasteiger partial charge in [0.1, 0.15) is 6.04 Å². The van der Waals surface area contributed by atoms with Crippen molar-refractivity contribution >= 4 is 27.9 Å². The number of nitriles is 1. The van der Waals surface area contributed by atoms with Gasteiger partial charge in [0.05, 0.1) is 28.7 Å². The largest absolute Gasteiger partial charge is 0.480 e. The SMILES string of the molecule is CCC(C(=O)O)n1c(=O)n(C(C)c2c[nH]c3cccc(C)c23)c2ccc(C#N)cc21. The highest BCUT2D eigenvalue weighted by Gasteiger charge is 2.27. The third kappa shape index (κ3) is 2.80. The number of carbonyl (C=O) groups is 1. The molecule has 2 atom stereocenters. The molecule has 0 saturated heterocycles. The van der Waals surface area contributed by atoms with E-state index in [2.05, 4.69) is 11.1 Å². The van der Waals surface area contributed by atoms with Gasteiger partial charge in [0.2, 0.25) is 0 Å². The zero-order valence-electron chi connectivity index (χ0n) is 17.0. The molecule has 2 N–H and O–H groups in total. The van der Waals surface area contributed by atoms with Crippen LogP contribution in [0.2, 0.25) is 0 Å². The Hall–Kier alpha value is -3.79. The van der Waals surface area contributed by atoms with E-state index < -0.39 is 17.7 Å². The molecule has 0 aliphatic heterocycles. The molecule has 7 nitrogen and oxygen atoms in total. The van der Waals surface area contributed by atoms with Crippen molar-refractivity contribution < 1.29 is 9.90 Å². The number of aliphatic carboxylic acids is 1. The van der Waals surface area contributed by atoms with Crippen molar-refractivity contribution in [2.75, 3.05) is 0 Å². The molecule has 0 fully saturated rings. The van der Waals surface area contributed by atoms with Crippen LogP contribution in [0.15, 0.2) is 47.4 Å². The molecule has 0 amide bonds. The fourth-order valence-corrected chi connectivity index (χ4v) is 4.32. The summed E-state index contributed by atoms with van der Waals surface area (Å²) < 4.78 is 2.92. The number of rotatable bonds is 5. The lowest BCUT2D eigenvalue weighted by Crippen LogP contribution is -2.32. The number of nitrogens with zero attached hydrogens (tertiary/aromatic N) is 3.